The number of fused-ring (bicyclic) bond motifs is 2. The standard InChI is InChI=1S/C19H24N2O3/c1-24-17-6-3-13(4-7-17)10-20-12-15(9-18(20)22)19(23)21-11-14-2-5-16(21)8-14/h3-4,6-7,14-16H,2,5,8-12H2,1H3/t14-,15+,16-/m0/s1. The molecule has 0 aromatic heterocycles. The van der Waals surface area contributed by atoms with Gasteiger partial charge in [0.2, 0.25) is 11.8 Å². The molecule has 0 N–H and O–H groups in total. The topological polar surface area (TPSA) is 49.9 Å². The Labute approximate surface area is 142 Å². The minimum Gasteiger partial charge on any atom is -0.497 e. The van der Waals surface area contributed by atoms with E-state index in [2.05, 4.69) is 4.90 Å². The summed E-state index contributed by atoms with van der Waals surface area (Å²) in [7, 11) is 1.64. The van der Waals surface area contributed by atoms with Gasteiger partial charge in [-0.3, -0.25) is 9.59 Å². The number of carbonyl (C=O) groups is 2. The van der Waals surface area contributed by atoms with Crippen molar-refractivity contribution in [3.8, 4) is 5.75 Å². The third-order valence-corrected chi connectivity index (χ3v) is 5.79. The van der Waals surface area contributed by atoms with Crippen molar-refractivity contribution in [1.82, 2.24) is 9.80 Å². The number of rotatable bonds is 4. The van der Waals surface area contributed by atoms with Gasteiger partial charge in [-0.1, -0.05) is 12.1 Å². The Hall–Kier alpha value is -2.04. The van der Waals surface area contributed by atoms with Crippen molar-refractivity contribution in [2.45, 2.75) is 38.3 Å². The van der Waals surface area contributed by atoms with E-state index in [1.807, 2.05) is 29.2 Å². The Morgan fingerprint density at radius 1 is 1.21 bits per heavy atom. The predicted octanol–water partition coefficient (Wildman–Crippen LogP) is 2.05. The zero-order chi connectivity index (χ0) is 16.7. The van der Waals surface area contributed by atoms with Gasteiger partial charge in [0.15, 0.2) is 0 Å². The fourth-order valence-corrected chi connectivity index (χ4v) is 4.47. The van der Waals surface area contributed by atoms with Crippen LogP contribution in [-0.2, 0) is 16.1 Å². The molecule has 2 heterocycles. The lowest BCUT2D eigenvalue weighted by Crippen LogP contribution is -2.42. The highest BCUT2D eigenvalue weighted by atomic mass is 16.5. The van der Waals surface area contributed by atoms with E-state index in [4.69, 9.17) is 4.74 Å². The molecule has 2 aliphatic heterocycles. The summed E-state index contributed by atoms with van der Waals surface area (Å²) < 4.78 is 5.16. The van der Waals surface area contributed by atoms with Crippen molar-refractivity contribution in [1.29, 1.82) is 0 Å². The molecular weight excluding hydrogens is 304 g/mol. The Bertz CT molecular complexity index is 643. The van der Waals surface area contributed by atoms with Crippen LogP contribution in [0, 0.1) is 11.8 Å². The van der Waals surface area contributed by atoms with Crippen molar-refractivity contribution < 1.29 is 14.3 Å². The van der Waals surface area contributed by atoms with Crippen molar-refractivity contribution in [3.63, 3.8) is 0 Å². The molecular formula is C19H24N2O3. The zero-order valence-electron chi connectivity index (χ0n) is 14.1. The highest BCUT2D eigenvalue weighted by Gasteiger charge is 2.44. The van der Waals surface area contributed by atoms with Crippen LogP contribution in [0.3, 0.4) is 0 Å². The van der Waals surface area contributed by atoms with E-state index in [9.17, 15) is 9.59 Å². The first-order valence-electron chi connectivity index (χ1n) is 8.85. The zero-order valence-corrected chi connectivity index (χ0v) is 14.1. The Kier molecular flexibility index (Phi) is 3.94. The molecule has 24 heavy (non-hydrogen) atoms. The van der Waals surface area contributed by atoms with Crippen molar-refractivity contribution in [2.24, 2.45) is 11.8 Å². The van der Waals surface area contributed by atoms with Crippen LogP contribution in [0.4, 0.5) is 0 Å². The first-order chi connectivity index (χ1) is 11.6. The Morgan fingerprint density at radius 2 is 2.00 bits per heavy atom. The number of ether oxygens (including phenoxy) is 1. The fourth-order valence-electron chi connectivity index (χ4n) is 4.47. The lowest BCUT2D eigenvalue weighted by Gasteiger charge is -2.29. The van der Waals surface area contributed by atoms with Crippen molar-refractivity contribution in [2.75, 3.05) is 20.2 Å². The van der Waals surface area contributed by atoms with E-state index in [0.717, 1.165) is 24.3 Å². The second-order valence-electron chi connectivity index (χ2n) is 7.35. The van der Waals surface area contributed by atoms with Crippen LogP contribution in [-0.4, -0.2) is 47.9 Å². The van der Waals surface area contributed by atoms with Crippen LogP contribution in [0.5, 0.6) is 5.75 Å². The van der Waals surface area contributed by atoms with Gasteiger partial charge in [-0.2, -0.15) is 0 Å². The van der Waals surface area contributed by atoms with Gasteiger partial charge < -0.3 is 14.5 Å². The van der Waals surface area contributed by atoms with Gasteiger partial charge in [-0.05, 0) is 42.9 Å². The van der Waals surface area contributed by atoms with E-state index < -0.39 is 0 Å². The van der Waals surface area contributed by atoms with E-state index in [1.54, 1.807) is 7.11 Å². The quantitative estimate of drug-likeness (QED) is 0.850. The molecule has 3 fully saturated rings. The molecule has 1 saturated carbocycles. The molecule has 2 amide bonds. The monoisotopic (exact) mass is 328 g/mol. The van der Waals surface area contributed by atoms with Crippen molar-refractivity contribution >= 4 is 11.8 Å². The summed E-state index contributed by atoms with van der Waals surface area (Å²) in [6, 6.07) is 8.19. The van der Waals surface area contributed by atoms with Gasteiger partial charge >= 0.3 is 0 Å². The average molecular weight is 328 g/mol. The van der Waals surface area contributed by atoms with Crippen LogP contribution in [0.25, 0.3) is 0 Å². The molecule has 2 bridgehead atoms. The Balaban J connectivity index is 1.38. The van der Waals surface area contributed by atoms with Crippen LogP contribution in [0.15, 0.2) is 24.3 Å². The fraction of sp³-hybridized carbons (Fsp3) is 0.579. The molecule has 1 aromatic rings. The molecule has 0 unspecified atom stereocenters. The summed E-state index contributed by atoms with van der Waals surface area (Å²) in [4.78, 5) is 29.0. The highest BCUT2D eigenvalue weighted by Crippen LogP contribution is 2.39. The minimum absolute atomic E-state index is 0.0912. The molecule has 5 heteroatoms. The van der Waals surface area contributed by atoms with Crippen LogP contribution in [0.1, 0.15) is 31.2 Å². The van der Waals surface area contributed by atoms with E-state index >= 15 is 0 Å². The highest BCUT2D eigenvalue weighted by molar-refractivity contribution is 5.89. The number of piperidine rings is 1. The summed E-state index contributed by atoms with van der Waals surface area (Å²) in [5.74, 6) is 1.64. The van der Waals surface area contributed by atoms with Gasteiger partial charge in [-0.25, -0.2) is 0 Å². The summed E-state index contributed by atoms with van der Waals surface area (Å²) in [6.45, 7) is 2.03. The molecule has 2 saturated heterocycles. The summed E-state index contributed by atoms with van der Waals surface area (Å²) in [6.07, 6.45) is 3.94. The number of carbonyl (C=O) groups excluding carboxylic acids is 2. The Morgan fingerprint density at radius 3 is 2.62 bits per heavy atom. The smallest absolute Gasteiger partial charge is 0.228 e. The average Bonchev–Trinajstić information content (AvgIpc) is 3.31. The van der Waals surface area contributed by atoms with Gasteiger partial charge in [0.1, 0.15) is 5.75 Å². The number of methoxy groups -OCH3 is 1. The second kappa shape index (κ2) is 6.11. The molecule has 5 nitrogen and oxygen atoms in total. The third kappa shape index (κ3) is 2.76. The number of hydrogen-bond acceptors (Lipinski definition) is 3. The van der Waals surface area contributed by atoms with E-state index in [0.29, 0.717) is 31.5 Å². The van der Waals surface area contributed by atoms with Crippen LogP contribution in [0.2, 0.25) is 0 Å². The van der Waals surface area contributed by atoms with E-state index in [-0.39, 0.29) is 17.7 Å². The maximum absolute atomic E-state index is 12.8. The minimum atomic E-state index is -0.157. The molecule has 128 valence electrons. The molecule has 3 atom stereocenters. The first-order valence-corrected chi connectivity index (χ1v) is 8.85. The number of nitrogens with zero attached hydrogens (tertiary/aromatic N) is 2. The molecule has 1 aromatic carbocycles. The van der Waals surface area contributed by atoms with Crippen molar-refractivity contribution in [3.05, 3.63) is 29.8 Å². The van der Waals surface area contributed by atoms with E-state index in [1.165, 1.54) is 12.8 Å². The summed E-state index contributed by atoms with van der Waals surface area (Å²) in [5.41, 5.74) is 1.07. The maximum atomic E-state index is 12.8. The number of likely N-dealkylation sites (tertiary alicyclic amines) is 2. The molecule has 1 aliphatic carbocycles. The lowest BCUT2D eigenvalue weighted by atomic mass is 10.0. The second-order valence-corrected chi connectivity index (χ2v) is 7.35. The summed E-state index contributed by atoms with van der Waals surface area (Å²) in [5, 5.41) is 0. The summed E-state index contributed by atoms with van der Waals surface area (Å²) >= 11 is 0. The SMILES string of the molecule is COc1ccc(CN2C[C@H](C(=O)N3C[C@H]4CC[C@H]3C4)CC2=O)cc1. The molecule has 0 spiro atoms. The van der Waals surface area contributed by atoms with Gasteiger partial charge in [0, 0.05) is 32.1 Å². The first kappa shape index (κ1) is 15.5. The third-order valence-electron chi connectivity index (χ3n) is 5.79. The number of benzene rings is 1. The lowest BCUT2D eigenvalue weighted by molar-refractivity contribution is -0.137. The largest absolute Gasteiger partial charge is 0.497 e. The maximum Gasteiger partial charge on any atom is 0.228 e. The number of hydrogen-bond donors (Lipinski definition) is 0. The molecule has 3 aliphatic rings. The molecule has 0 radical (unpaired) electrons. The molecule has 4 rings (SSSR count). The van der Waals surface area contributed by atoms with Gasteiger partial charge in [0.25, 0.3) is 0 Å². The normalized spacial score (nSPS) is 28.7. The van der Waals surface area contributed by atoms with Gasteiger partial charge in [0.05, 0.1) is 13.0 Å². The van der Waals surface area contributed by atoms with Crippen LogP contribution >= 0.6 is 0 Å². The number of amides is 2. The van der Waals surface area contributed by atoms with Gasteiger partial charge in [-0.15, -0.1) is 0 Å². The predicted molar refractivity (Wildman–Crippen MR) is 89.4 cm³/mol. The van der Waals surface area contributed by atoms with Crippen LogP contribution < -0.4 is 4.74 Å².